The molecule has 1 fully saturated rings. The maximum atomic E-state index is 11.7. The summed E-state index contributed by atoms with van der Waals surface area (Å²) in [7, 11) is 0. The summed E-state index contributed by atoms with van der Waals surface area (Å²) in [4.78, 5) is 12.3. The minimum Gasteiger partial charge on any atom is -0.307 e. The fourth-order valence-corrected chi connectivity index (χ4v) is 2.83. The predicted octanol–water partition coefficient (Wildman–Crippen LogP) is 2.36. The van der Waals surface area contributed by atoms with Crippen LogP contribution in [0.5, 0.6) is 0 Å². The topological polar surface area (TPSA) is 46.9 Å². The van der Waals surface area contributed by atoms with E-state index in [0.29, 0.717) is 9.23 Å². The Balaban J connectivity index is 2.05. The molecule has 1 aromatic carbocycles. The molecule has 19 heavy (non-hydrogen) atoms. The summed E-state index contributed by atoms with van der Waals surface area (Å²) in [5, 5.41) is 6.82. The highest BCUT2D eigenvalue weighted by Crippen LogP contribution is 2.27. The van der Waals surface area contributed by atoms with Crippen molar-refractivity contribution in [2.45, 2.75) is 0 Å². The minimum atomic E-state index is -0.148. The average molecular weight is 287 g/mol. The number of hydrogen-bond acceptors (Lipinski definition) is 4. The third-order valence-electron chi connectivity index (χ3n) is 2.62. The lowest BCUT2D eigenvalue weighted by Gasteiger charge is -2.06. The number of nitrogens with zero attached hydrogens (tertiary/aromatic N) is 2. The first-order chi connectivity index (χ1) is 9.24. The maximum absolute atomic E-state index is 11.7. The van der Waals surface area contributed by atoms with Gasteiger partial charge in [-0.3, -0.25) is 4.79 Å². The zero-order valence-electron chi connectivity index (χ0n) is 9.74. The second-order valence-corrected chi connectivity index (χ2v) is 5.58. The van der Waals surface area contributed by atoms with Crippen molar-refractivity contribution in [3.63, 3.8) is 0 Å². The van der Waals surface area contributed by atoms with E-state index in [9.17, 15) is 4.79 Å². The van der Waals surface area contributed by atoms with Gasteiger partial charge in [0.15, 0.2) is 0 Å². The van der Waals surface area contributed by atoms with Gasteiger partial charge in [0.2, 0.25) is 0 Å². The molecule has 0 radical (unpaired) electrons. The normalized spacial score (nSPS) is 16.9. The van der Waals surface area contributed by atoms with Gasteiger partial charge in [-0.2, -0.15) is 5.10 Å². The molecule has 6 heteroatoms. The Morgan fingerprint density at radius 1 is 1.32 bits per heavy atom. The van der Waals surface area contributed by atoms with Gasteiger partial charge in [0.05, 0.1) is 10.6 Å². The van der Waals surface area contributed by atoms with Gasteiger partial charge in [0.25, 0.3) is 5.91 Å². The Bertz CT molecular complexity index is 677. The van der Waals surface area contributed by atoms with E-state index in [1.165, 1.54) is 11.8 Å². The first-order valence-electron chi connectivity index (χ1n) is 5.58. The van der Waals surface area contributed by atoms with Crippen LogP contribution in [-0.2, 0) is 4.79 Å². The lowest BCUT2D eigenvalue weighted by molar-refractivity contribution is -0.115. The molecule has 0 unspecified atom stereocenters. The highest BCUT2D eigenvalue weighted by atomic mass is 32.2. The summed E-state index contributed by atoms with van der Waals surface area (Å²) in [6, 6.07) is 9.62. The van der Waals surface area contributed by atoms with Crippen LogP contribution in [0.25, 0.3) is 11.8 Å². The van der Waals surface area contributed by atoms with Gasteiger partial charge in [-0.05, 0) is 18.2 Å². The van der Waals surface area contributed by atoms with Crippen LogP contribution in [0.3, 0.4) is 0 Å². The van der Waals surface area contributed by atoms with Crippen molar-refractivity contribution in [2.75, 3.05) is 0 Å². The molecular weight excluding hydrogens is 278 g/mol. The Morgan fingerprint density at radius 2 is 2.16 bits per heavy atom. The summed E-state index contributed by atoms with van der Waals surface area (Å²) in [5.41, 5.74) is 1.85. The van der Waals surface area contributed by atoms with Crippen molar-refractivity contribution in [1.82, 2.24) is 15.1 Å². The molecule has 4 nitrogen and oxygen atoms in total. The quantitative estimate of drug-likeness (QED) is 0.680. The smallest absolute Gasteiger partial charge is 0.263 e. The molecular formula is C13H9N3OS2. The van der Waals surface area contributed by atoms with E-state index in [1.54, 1.807) is 10.9 Å². The van der Waals surface area contributed by atoms with Crippen molar-refractivity contribution in [3.8, 4) is 5.69 Å². The highest BCUT2D eigenvalue weighted by Gasteiger charge is 2.22. The molecule has 0 spiro atoms. The fourth-order valence-electron chi connectivity index (χ4n) is 1.79. The fraction of sp³-hybridized carbons (Fsp3) is 0. The van der Waals surface area contributed by atoms with Crippen LogP contribution in [0.1, 0.15) is 5.56 Å². The third-order valence-corrected chi connectivity index (χ3v) is 3.78. The summed E-state index contributed by atoms with van der Waals surface area (Å²) in [6.45, 7) is 0. The first-order valence-corrected chi connectivity index (χ1v) is 6.80. The number of thioether (sulfide) groups is 1. The van der Waals surface area contributed by atoms with Gasteiger partial charge in [0, 0.05) is 18.0 Å². The van der Waals surface area contributed by atoms with Gasteiger partial charge in [-0.1, -0.05) is 42.2 Å². The molecule has 1 N–H and O–H groups in total. The minimum absolute atomic E-state index is 0.148. The second kappa shape index (κ2) is 4.99. The van der Waals surface area contributed by atoms with Crippen LogP contribution in [0, 0.1) is 0 Å². The molecule has 0 atom stereocenters. The molecule has 1 aliphatic heterocycles. The van der Waals surface area contributed by atoms with Crippen molar-refractivity contribution in [1.29, 1.82) is 0 Å². The molecule has 0 aliphatic carbocycles. The number of amides is 1. The molecule has 1 amide bonds. The van der Waals surface area contributed by atoms with Crippen LogP contribution in [0.4, 0.5) is 0 Å². The van der Waals surface area contributed by atoms with Crippen LogP contribution in [-0.4, -0.2) is 20.0 Å². The average Bonchev–Trinajstić information content (AvgIpc) is 3.01. The van der Waals surface area contributed by atoms with Crippen molar-refractivity contribution >= 4 is 40.3 Å². The van der Waals surface area contributed by atoms with E-state index in [2.05, 4.69) is 10.4 Å². The van der Waals surface area contributed by atoms with E-state index in [0.717, 1.165) is 11.3 Å². The molecule has 2 heterocycles. The number of rotatable bonds is 2. The van der Waals surface area contributed by atoms with Crippen molar-refractivity contribution < 1.29 is 4.79 Å². The summed E-state index contributed by atoms with van der Waals surface area (Å²) in [5.74, 6) is -0.148. The van der Waals surface area contributed by atoms with Crippen molar-refractivity contribution in [3.05, 3.63) is 53.2 Å². The zero-order valence-corrected chi connectivity index (χ0v) is 11.4. The van der Waals surface area contributed by atoms with Gasteiger partial charge >= 0.3 is 0 Å². The molecule has 0 bridgehead atoms. The largest absolute Gasteiger partial charge is 0.307 e. The molecule has 1 aliphatic rings. The first kappa shape index (κ1) is 12.1. The van der Waals surface area contributed by atoms with E-state index >= 15 is 0 Å². The Hall–Kier alpha value is -1.92. The Labute approximate surface area is 119 Å². The number of thiocarbonyl (C=S) groups is 1. The lowest BCUT2D eigenvalue weighted by Crippen LogP contribution is -2.17. The number of nitrogens with one attached hydrogen (secondary N) is 1. The molecule has 2 aromatic rings. The highest BCUT2D eigenvalue weighted by molar-refractivity contribution is 8.26. The molecule has 94 valence electrons. The SMILES string of the molecule is O=C1NC(=S)SC1=Cc1ccccc1-n1cccn1. The monoisotopic (exact) mass is 287 g/mol. The molecule has 1 saturated heterocycles. The second-order valence-electron chi connectivity index (χ2n) is 3.86. The van der Waals surface area contributed by atoms with Gasteiger partial charge in [0.1, 0.15) is 4.32 Å². The Kier molecular flexibility index (Phi) is 3.18. The lowest BCUT2D eigenvalue weighted by atomic mass is 10.1. The molecule has 1 aromatic heterocycles. The van der Waals surface area contributed by atoms with Crippen LogP contribution in [0.15, 0.2) is 47.6 Å². The molecule has 3 rings (SSSR count). The van der Waals surface area contributed by atoms with Crippen LogP contribution >= 0.6 is 24.0 Å². The van der Waals surface area contributed by atoms with Gasteiger partial charge < -0.3 is 5.32 Å². The van der Waals surface area contributed by atoms with E-state index in [1.807, 2.05) is 42.6 Å². The number of carbonyl (C=O) groups is 1. The summed E-state index contributed by atoms with van der Waals surface area (Å²) in [6.07, 6.45) is 5.41. The number of para-hydroxylation sites is 1. The standard InChI is InChI=1S/C13H9N3OS2/c17-12-11(19-13(18)15-12)8-9-4-1-2-5-10(9)16-7-3-6-14-16/h1-8H,(H,15,17,18). The van der Waals surface area contributed by atoms with Crippen molar-refractivity contribution in [2.24, 2.45) is 0 Å². The summed E-state index contributed by atoms with van der Waals surface area (Å²) >= 11 is 6.25. The summed E-state index contributed by atoms with van der Waals surface area (Å²) < 4.78 is 2.26. The van der Waals surface area contributed by atoms with Crippen LogP contribution in [0.2, 0.25) is 0 Å². The van der Waals surface area contributed by atoms with E-state index in [4.69, 9.17) is 12.2 Å². The Morgan fingerprint density at radius 3 is 2.84 bits per heavy atom. The number of aromatic nitrogens is 2. The van der Waals surface area contributed by atoms with E-state index < -0.39 is 0 Å². The number of benzene rings is 1. The predicted molar refractivity (Wildman–Crippen MR) is 79.9 cm³/mol. The number of carbonyl (C=O) groups excluding carboxylic acids is 1. The maximum Gasteiger partial charge on any atom is 0.263 e. The van der Waals surface area contributed by atoms with Gasteiger partial charge in [-0.15, -0.1) is 0 Å². The third kappa shape index (κ3) is 2.45. The van der Waals surface area contributed by atoms with Crippen LogP contribution < -0.4 is 5.32 Å². The molecule has 0 saturated carbocycles. The van der Waals surface area contributed by atoms with Gasteiger partial charge in [-0.25, -0.2) is 4.68 Å². The zero-order chi connectivity index (χ0) is 13.2. The number of hydrogen-bond donors (Lipinski definition) is 1. The van der Waals surface area contributed by atoms with E-state index in [-0.39, 0.29) is 5.91 Å².